The Morgan fingerprint density at radius 1 is 1.58 bits per heavy atom. The number of piperidine rings is 1. The molecule has 0 aromatic heterocycles. The smallest absolute Gasteiger partial charge is 0.135 e. The fourth-order valence-electron chi connectivity index (χ4n) is 1.73. The van der Waals surface area contributed by atoms with Crippen LogP contribution in [0.4, 0.5) is 4.39 Å². The minimum atomic E-state index is -1.12. The number of nitrogens with zero attached hydrogens (tertiary/aromatic N) is 1. The van der Waals surface area contributed by atoms with E-state index in [0.717, 1.165) is 13.0 Å². The van der Waals surface area contributed by atoms with E-state index >= 15 is 0 Å². The summed E-state index contributed by atoms with van der Waals surface area (Å²) in [5.74, 6) is 0. The molecule has 1 atom stereocenters. The van der Waals surface area contributed by atoms with Crippen molar-refractivity contribution in [1.29, 1.82) is 0 Å². The molecule has 72 valence electrons. The fraction of sp³-hybridized carbons (Fsp3) is 1.00. The molecule has 0 bridgehead atoms. The number of alkyl halides is 1. The van der Waals surface area contributed by atoms with Crippen molar-refractivity contribution >= 4 is 0 Å². The van der Waals surface area contributed by atoms with Crippen molar-refractivity contribution in [1.82, 2.24) is 4.90 Å². The maximum Gasteiger partial charge on any atom is 0.135 e. The molecule has 2 nitrogen and oxygen atoms in total. The van der Waals surface area contributed by atoms with Gasteiger partial charge < -0.3 is 5.73 Å². The number of hydrogen-bond acceptors (Lipinski definition) is 2. The number of hydrogen-bond donors (Lipinski definition) is 1. The first-order valence-electron chi connectivity index (χ1n) is 4.70. The molecule has 0 aromatic rings. The predicted molar refractivity (Wildman–Crippen MR) is 48.8 cm³/mol. The van der Waals surface area contributed by atoms with Crippen molar-refractivity contribution in [3.63, 3.8) is 0 Å². The van der Waals surface area contributed by atoms with E-state index in [0.29, 0.717) is 19.0 Å². The molecule has 3 heteroatoms. The van der Waals surface area contributed by atoms with Crippen LogP contribution in [0.2, 0.25) is 0 Å². The van der Waals surface area contributed by atoms with Crippen LogP contribution >= 0.6 is 0 Å². The molecule has 0 amide bonds. The molecule has 2 N–H and O–H groups in total. The van der Waals surface area contributed by atoms with Gasteiger partial charge in [0.25, 0.3) is 0 Å². The van der Waals surface area contributed by atoms with Gasteiger partial charge in [0.05, 0.1) is 0 Å². The maximum absolute atomic E-state index is 13.7. The van der Waals surface area contributed by atoms with Crippen LogP contribution in [0.1, 0.15) is 26.7 Å². The Bertz CT molecular complexity index is 149. The molecule has 1 unspecified atom stereocenters. The highest BCUT2D eigenvalue weighted by atomic mass is 19.1. The molecule has 1 rings (SSSR count). The molecule has 0 aromatic carbocycles. The molecule has 12 heavy (non-hydrogen) atoms. The van der Waals surface area contributed by atoms with E-state index in [2.05, 4.69) is 18.7 Å². The van der Waals surface area contributed by atoms with Crippen molar-refractivity contribution in [2.24, 2.45) is 5.73 Å². The Morgan fingerprint density at radius 3 is 2.75 bits per heavy atom. The minimum Gasteiger partial charge on any atom is -0.327 e. The lowest BCUT2D eigenvalue weighted by Crippen LogP contribution is -2.51. The Balaban J connectivity index is 2.51. The third-order valence-electron chi connectivity index (χ3n) is 2.65. The van der Waals surface area contributed by atoms with E-state index < -0.39 is 5.67 Å². The van der Waals surface area contributed by atoms with Crippen molar-refractivity contribution < 1.29 is 4.39 Å². The molecule has 0 aliphatic carbocycles. The number of halogens is 1. The maximum atomic E-state index is 13.7. The largest absolute Gasteiger partial charge is 0.327 e. The summed E-state index contributed by atoms with van der Waals surface area (Å²) < 4.78 is 13.7. The van der Waals surface area contributed by atoms with Gasteiger partial charge in [0.2, 0.25) is 0 Å². The summed E-state index contributed by atoms with van der Waals surface area (Å²) in [5.41, 5.74) is 4.28. The average molecular weight is 174 g/mol. The summed E-state index contributed by atoms with van der Waals surface area (Å²) in [4.78, 5) is 2.16. The molecule has 0 radical (unpaired) electrons. The van der Waals surface area contributed by atoms with Crippen LogP contribution in [0.25, 0.3) is 0 Å². The van der Waals surface area contributed by atoms with Crippen LogP contribution in [0, 0.1) is 0 Å². The van der Waals surface area contributed by atoms with Crippen LogP contribution in [0.15, 0.2) is 0 Å². The van der Waals surface area contributed by atoms with Crippen LogP contribution in [0.5, 0.6) is 0 Å². The van der Waals surface area contributed by atoms with Gasteiger partial charge in [-0.15, -0.1) is 0 Å². The third-order valence-corrected chi connectivity index (χ3v) is 2.65. The summed E-state index contributed by atoms with van der Waals surface area (Å²) in [7, 11) is 0. The fourth-order valence-corrected chi connectivity index (χ4v) is 1.73. The first kappa shape index (κ1) is 9.93. The highest BCUT2D eigenvalue weighted by molar-refractivity contribution is 4.89. The molecule has 1 aliphatic heterocycles. The monoisotopic (exact) mass is 174 g/mol. The van der Waals surface area contributed by atoms with Gasteiger partial charge in [-0.05, 0) is 33.2 Å². The lowest BCUT2D eigenvalue weighted by atomic mass is 9.94. The quantitative estimate of drug-likeness (QED) is 0.680. The number of rotatable bonds is 2. The lowest BCUT2D eigenvalue weighted by Gasteiger charge is -2.38. The second kappa shape index (κ2) is 3.71. The van der Waals surface area contributed by atoms with Gasteiger partial charge in [-0.25, -0.2) is 4.39 Å². The molecular formula is C9H19FN2. The second-order valence-electron chi connectivity index (χ2n) is 4.02. The first-order chi connectivity index (χ1) is 5.57. The zero-order valence-electron chi connectivity index (χ0n) is 8.02. The van der Waals surface area contributed by atoms with Crippen molar-refractivity contribution in [2.75, 3.05) is 19.6 Å². The van der Waals surface area contributed by atoms with Crippen LogP contribution < -0.4 is 5.73 Å². The first-order valence-corrected chi connectivity index (χ1v) is 4.70. The van der Waals surface area contributed by atoms with E-state index in [-0.39, 0.29) is 6.54 Å². The average Bonchev–Trinajstić information content (AvgIpc) is 2.05. The summed E-state index contributed by atoms with van der Waals surface area (Å²) in [6.07, 6.45) is 1.57. The van der Waals surface area contributed by atoms with E-state index in [4.69, 9.17) is 5.73 Å². The molecule has 1 fully saturated rings. The van der Waals surface area contributed by atoms with E-state index in [1.165, 1.54) is 0 Å². The molecule has 1 saturated heterocycles. The van der Waals surface area contributed by atoms with Crippen molar-refractivity contribution in [2.45, 2.75) is 38.4 Å². The van der Waals surface area contributed by atoms with E-state index in [1.54, 1.807) is 0 Å². The molecule has 1 aliphatic rings. The summed E-state index contributed by atoms with van der Waals surface area (Å²) in [6, 6.07) is 0.437. The van der Waals surface area contributed by atoms with Gasteiger partial charge >= 0.3 is 0 Å². The zero-order valence-corrected chi connectivity index (χ0v) is 8.02. The topological polar surface area (TPSA) is 29.3 Å². The van der Waals surface area contributed by atoms with Gasteiger partial charge in [-0.2, -0.15) is 0 Å². The Hall–Kier alpha value is -0.150. The lowest BCUT2D eigenvalue weighted by molar-refractivity contribution is 0.0362. The number of nitrogens with two attached hydrogens (primary N) is 1. The van der Waals surface area contributed by atoms with Gasteiger partial charge in [0.1, 0.15) is 5.67 Å². The number of likely N-dealkylation sites (tertiary alicyclic amines) is 1. The Kier molecular flexibility index (Phi) is 3.07. The van der Waals surface area contributed by atoms with Gasteiger partial charge in [0, 0.05) is 19.1 Å². The molecular weight excluding hydrogens is 155 g/mol. The van der Waals surface area contributed by atoms with E-state index in [1.807, 2.05) is 0 Å². The normalized spacial score (nSPS) is 32.8. The van der Waals surface area contributed by atoms with Crippen LogP contribution in [-0.2, 0) is 0 Å². The summed E-state index contributed by atoms with van der Waals surface area (Å²) >= 11 is 0. The molecule has 0 saturated carbocycles. The molecule has 0 spiro atoms. The van der Waals surface area contributed by atoms with Crippen molar-refractivity contribution in [3.8, 4) is 0 Å². The zero-order chi connectivity index (χ0) is 9.19. The predicted octanol–water partition coefficient (Wildman–Crippen LogP) is 1.16. The summed E-state index contributed by atoms with van der Waals surface area (Å²) in [5, 5.41) is 0. The minimum absolute atomic E-state index is 0.163. The van der Waals surface area contributed by atoms with E-state index in [9.17, 15) is 4.39 Å². The highest BCUT2D eigenvalue weighted by Crippen LogP contribution is 2.25. The Labute approximate surface area is 73.9 Å². The van der Waals surface area contributed by atoms with Gasteiger partial charge in [-0.1, -0.05) is 0 Å². The van der Waals surface area contributed by atoms with Crippen molar-refractivity contribution in [3.05, 3.63) is 0 Å². The second-order valence-corrected chi connectivity index (χ2v) is 4.02. The standard InChI is InChI=1S/C9H19FN2/c1-8(2)12-5-3-4-9(10,6-11)7-12/h8H,3-7,11H2,1-2H3. The van der Waals surface area contributed by atoms with Crippen LogP contribution in [-0.4, -0.2) is 36.2 Å². The van der Waals surface area contributed by atoms with Crippen LogP contribution in [0.3, 0.4) is 0 Å². The van der Waals surface area contributed by atoms with Gasteiger partial charge in [0.15, 0.2) is 0 Å². The van der Waals surface area contributed by atoms with Gasteiger partial charge in [-0.3, -0.25) is 4.90 Å². The third kappa shape index (κ3) is 2.17. The summed E-state index contributed by atoms with van der Waals surface area (Å²) in [6.45, 7) is 5.89. The highest BCUT2D eigenvalue weighted by Gasteiger charge is 2.34. The SMILES string of the molecule is CC(C)N1CCCC(F)(CN)C1. The molecule has 1 heterocycles. The Morgan fingerprint density at radius 2 is 2.25 bits per heavy atom.